The van der Waals surface area contributed by atoms with E-state index in [1.807, 2.05) is 6.07 Å². The molecule has 7 heteroatoms. The van der Waals surface area contributed by atoms with Crippen molar-refractivity contribution in [3.8, 4) is 6.07 Å². The Bertz CT molecular complexity index is 913. The molecular formula is C18H17N3O3S. The highest BCUT2D eigenvalue weighted by atomic mass is 32.2. The molecule has 0 spiro atoms. The summed E-state index contributed by atoms with van der Waals surface area (Å²) in [4.78, 5) is 12.3. The van der Waals surface area contributed by atoms with Crippen LogP contribution in [0.5, 0.6) is 0 Å². The lowest BCUT2D eigenvalue weighted by Crippen LogP contribution is -2.25. The van der Waals surface area contributed by atoms with E-state index >= 15 is 0 Å². The number of nitrogens with one attached hydrogen (secondary N) is 2. The normalized spacial score (nSPS) is 10.7. The number of rotatable bonds is 7. The van der Waals surface area contributed by atoms with Gasteiger partial charge in [0.05, 0.1) is 16.5 Å². The first-order valence-corrected chi connectivity index (χ1v) is 8.92. The Morgan fingerprint density at radius 2 is 1.92 bits per heavy atom. The summed E-state index contributed by atoms with van der Waals surface area (Å²) in [6.45, 7) is 3.84. The van der Waals surface area contributed by atoms with E-state index < -0.39 is 10.0 Å². The fourth-order valence-corrected chi connectivity index (χ4v) is 3.08. The van der Waals surface area contributed by atoms with Crippen molar-refractivity contribution in [2.75, 3.05) is 6.54 Å². The number of sulfonamides is 1. The van der Waals surface area contributed by atoms with E-state index in [0.29, 0.717) is 5.56 Å². The van der Waals surface area contributed by atoms with Gasteiger partial charge < -0.3 is 5.32 Å². The van der Waals surface area contributed by atoms with E-state index in [-0.39, 0.29) is 29.5 Å². The molecule has 0 atom stereocenters. The van der Waals surface area contributed by atoms with Crippen molar-refractivity contribution in [1.29, 1.82) is 5.26 Å². The van der Waals surface area contributed by atoms with Crippen LogP contribution in [0.15, 0.2) is 66.1 Å². The summed E-state index contributed by atoms with van der Waals surface area (Å²) in [6.07, 6.45) is 1.44. The Hall–Kier alpha value is -2.95. The molecule has 0 aliphatic rings. The van der Waals surface area contributed by atoms with Crippen LogP contribution in [-0.4, -0.2) is 20.9 Å². The van der Waals surface area contributed by atoms with Gasteiger partial charge in [0, 0.05) is 18.7 Å². The molecule has 2 aromatic carbocycles. The number of nitrogens with zero attached hydrogens (tertiary/aromatic N) is 1. The zero-order valence-corrected chi connectivity index (χ0v) is 14.2. The number of hydrogen-bond donors (Lipinski definition) is 2. The standard InChI is InChI=1S/C18H17N3O3S/c1-2-10-21-25(23,24)17-5-3-4-16(11-17)18(22)20-13-15-8-6-14(12-19)7-9-15/h2-9,11,21H,1,10,13H2,(H,20,22). The van der Waals surface area contributed by atoms with Gasteiger partial charge in [0.25, 0.3) is 5.91 Å². The molecule has 0 heterocycles. The summed E-state index contributed by atoms with van der Waals surface area (Å²) >= 11 is 0. The van der Waals surface area contributed by atoms with Crippen LogP contribution in [0, 0.1) is 11.3 Å². The molecule has 0 saturated heterocycles. The zero-order chi connectivity index (χ0) is 18.3. The third-order valence-corrected chi connectivity index (χ3v) is 4.78. The molecular weight excluding hydrogens is 338 g/mol. The number of benzene rings is 2. The van der Waals surface area contributed by atoms with E-state index in [1.54, 1.807) is 30.3 Å². The monoisotopic (exact) mass is 355 g/mol. The number of carbonyl (C=O) groups is 1. The van der Waals surface area contributed by atoms with Crippen molar-refractivity contribution in [3.63, 3.8) is 0 Å². The van der Waals surface area contributed by atoms with Crippen LogP contribution >= 0.6 is 0 Å². The highest BCUT2D eigenvalue weighted by Gasteiger charge is 2.15. The molecule has 0 aliphatic carbocycles. The molecule has 0 aliphatic heterocycles. The molecule has 2 rings (SSSR count). The summed E-state index contributed by atoms with van der Waals surface area (Å²) < 4.78 is 26.5. The summed E-state index contributed by atoms with van der Waals surface area (Å²) in [7, 11) is -3.69. The molecule has 0 bridgehead atoms. The topological polar surface area (TPSA) is 99.1 Å². The maximum absolute atomic E-state index is 12.2. The largest absolute Gasteiger partial charge is 0.348 e. The van der Waals surface area contributed by atoms with E-state index in [9.17, 15) is 13.2 Å². The lowest BCUT2D eigenvalue weighted by molar-refractivity contribution is 0.0950. The Balaban J connectivity index is 2.08. The summed E-state index contributed by atoms with van der Waals surface area (Å²) in [5, 5.41) is 11.5. The molecule has 0 fully saturated rings. The van der Waals surface area contributed by atoms with Gasteiger partial charge in [0.1, 0.15) is 0 Å². The van der Waals surface area contributed by atoms with E-state index in [0.717, 1.165) is 5.56 Å². The molecule has 1 amide bonds. The minimum absolute atomic E-state index is 0.0142. The molecule has 25 heavy (non-hydrogen) atoms. The van der Waals surface area contributed by atoms with E-state index in [4.69, 9.17) is 5.26 Å². The van der Waals surface area contributed by atoms with Crippen LogP contribution in [0.2, 0.25) is 0 Å². The highest BCUT2D eigenvalue weighted by Crippen LogP contribution is 2.12. The second-order valence-corrected chi connectivity index (χ2v) is 6.93. The summed E-state index contributed by atoms with van der Waals surface area (Å²) in [5.41, 5.74) is 1.62. The van der Waals surface area contributed by atoms with Crippen LogP contribution in [0.1, 0.15) is 21.5 Å². The van der Waals surface area contributed by atoms with Crippen molar-refractivity contribution >= 4 is 15.9 Å². The first-order chi connectivity index (χ1) is 12.0. The molecule has 2 N–H and O–H groups in total. The van der Waals surface area contributed by atoms with Gasteiger partial charge in [0.15, 0.2) is 0 Å². The predicted molar refractivity (Wildman–Crippen MR) is 94.2 cm³/mol. The van der Waals surface area contributed by atoms with E-state index in [2.05, 4.69) is 16.6 Å². The molecule has 128 valence electrons. The van der Waals surface area contributed by atoms with Crippen LogP contribution in [0.3, 0.4) is 0 Å². The number of hydrogen-bond acceptors (Lipinski definition) is 4. The van der Waals surface area contributed by atoms with Gasteiger partial charge in [-0.05, 0) is 35.9 Å². The van der Waals surface area contributed by atoms with Gasteiger partial charge in [-0.15, -0.1) is 6.58 Å². The second kappa shape index (κ2) is 8.24. The number of carbonyl (C=O) groups excluding carboxylic acids is 1. The van der Waals surface area contributed by atoms with Crippen LogP contribution in [-0.2, 0) is 16.6 Å². The number of amides is 1. The van der Waals surface area contributed by atoms with Crippen molar-refractivity contribution in [2.24, 2.45) is 0 Å². The third-order valence-electron chi connectivity index (χ3n) is 3.36. The maximum Gasteiger partial charge on any atom is 0.251 e. The second-order valence-electron chi connectivity index (χ2n) is 5.16. The third kappa shape index (κ3) is 5.01. The lowest BCUT2D eigenvalue weighted by Gasteiger charge is -2.08. The Kier molecular flexibility index (Phi) is 6.06. The zero-order valence-electron chi connectivity index (χ0n) is 13.4. The fourth-order valence-electron chi connectivity index (χ4n) is 2.04. The van der Waals surface area contributed by atoms with Crippen LogP contribution in [0.25, 0.3) is 0 Å². The Morgan fingerprint density at radius 1 is 1.20 bits per heavy atom. The minimum Gasteiger partial charge on any atom is -0.348 e. The van der Waals surface area contributed by atoms with Gasteiger partial charge in [-0.1, -0.05) is 24.3 Å². The first-order valence-electron chi connectivity index (χ1n) is 7.44. The van der Waals surface area contributed by atoms with Gasteiger partial charge in [-0.3, -0.25) is 4.79 Å². The van der Waals surface area contributed by atoms with Crippen molar-refractivity contribution in [2.45, 2.75) is 11.4 Å². The van der Waals surface area contributed by atoms with Crippen LogP contribution in [0.4, 0.5) is 0 Å². The molecule has 0 unspecified atom stereocenters. The Morgan fingerprint density at radius 3 is 2.56 bits per heavy atom. The van der Waals surface area contributed by atoms with Gasteiger partial charge in [-0.25, -0.2) is 13.1 Å². The van der Waals surface area contributed by atoms with Gasteiger partial charge in [-0.2, -0.15) is 5.26 Å². The quantitative estimate of drug-likeness (QED) is 0.742. The molecule has 0 aromatic heterocycles. The highest BCUT2D eigenvalue weighted by molar-refractivity contribution is 7.89. The van der Waals surface area contributed by atoms with Crippen molar-refractivity contribution in [1.82, 2.24) is 10.0 Å². The summed E-state index contributed by atoms with van der Waals surface area (Å²) in [5.74, 6) is -0.384. The first kappa shape index (κ1) is 18.4. The lowest BCUT2D eigenvalue weighted by atomic mass is 10.1. The van der Waals surface area contributed by atoms with Gasteiger partial charge in [0.2, 0.25) is 10.0 Å². The summed E-state index contributed by atoms with van der Waals surface area (Å²) in [6, 6.07) is 14.6. The fraction of sp³-hybridized carbons (Fsp3) is 0.111. The van der Waals surface area contributed by atoms with E-state index in [1.165, 1.54) is 24.3 Å². The smallest absolute Gasteiger partial charge is 0.251 e. The molecule has 0 saturated carbocycles. The predicted octanol–water partition coefficient (Wildman–Crippen LogP) is 1.95. The van der Waals surface area contributed by atoms with Crippen LogP contribution < -0.4 is 10.0 Å². The molecule has 2 aromatic rings. The minimum atomic E-state index is -3.69. The SMILES string of the molecule is C=CCNS(=O)(=O)c1cccc(C(=O)NCc2ccc(C#N)cc2)c1. The molecule has 0 radical (unpaired) electrons. The average molecular weight is 355 g/mol. The van der Waals surface area contributed by atoms with Crippen molar-refractivity contribution < 1.29 is 13.2 Å². The average Bonchev–Trinajstić information content (AvgIpc) is 2.65. The van der Waals surface area contributed by atoms with Gasteiger partial charge >= 0.3 is 0 Å². The Labute approximate surface area is 146 Å². The number of nitriles is 1. The molecule has 6 nitrogen and oxygen atoms in total. The van der Waals surface area contributed by atoms with Crippen molar-refractivity contribution in [3.05, 3.63) is 77.9 Å². The maximum atomic E-state index is 12.2.